The van der Waals surface area contributed by atoms with Crippen molar-refractivity contribution in [2.45, 2.75) is 6.10 Å². The summed E-state index contributed by atoms with van der Waals surface area (Å²) < 4.78 is 0. The molecule has 7 heteroatoms. The maximum Gasteiger partial charge on any atom is 0.263 e. The van der Waals surface area contributed by atoms with E-state index in [4.69, 9.17) is 0 Å². The van der Waals surface area contributed by atoms with Crippen LogP contribution in [-0.2, 0) is 0 Å². The van der Waals surface area contributed by atoms with Crippen molar-refractivity contribution in [2.75, 3.05) is 11.9 Å². The molecule has 2 aromatic carbocycles. The van der Waals surface area contributed by atoms with Gasteiger partial charge in [-0.2, -0.15) is 10.1 Å². The number of H-pyrrole nitrogens is 2. The number of aliphatic hydroxyl groups is 1. The van der Waals surface area contributed by atoms with Crippen LogP contribution in [0.5, 0.6) is 0 Å². The molecule has 1 unspecified atom stereocenters. The van der Waals surface area contributed by atoms with E-state index >= 15 is 0 Å². The van der Waals surface area contributed by atoms with Crippen LogP contribution in [0.15, 0.2) is 53.5 Å². The molecule has 0 aliphatic rings. The number of hydrogen-bond acceptors (Lipinski definition) is 5. The van der Waals surface area contributed by atoms with Gasteiger partial charge in [0.15, 0.2) is 5.65 Å². The van der Waals surface area contributed by atoms with Gasteiger partial charge in [0.2, 0.25) is 5.95 Å². The first-order valence-electron chi connectivity index (χ1n) is 7.55. The number of benzene rings is 2. The van der Waals surface area contributed by atoms with Crippen molar-refractivity contribution in [3.05, 3.63) is 64.6 Å². The number of aromatic amines is 2. The van der Waals surface area contributed by atoms with E-state index in [1.165, 1.54) is 6.20 Å². The standard InChI is InChI=1S/C17H15N5O2/c23-14(12-7-3-5-10-4-1-2-6-11(10)12)9-18-17-20-15-13(8-19-22-15)16(24)21-17/h1-8,14,23H,9H2,(H3,18,19,20,21,22,24). The molecule has 4 rings (SSSR count). The number of aromatic nitrogens is 4. The Kier molecular flexibility index (Phi) is 3.47. The van der Waals surface area contributed by atoms with Crippen LogP contribution < -0.4 is 10.9 Å². The van der Waals surface area contributed by atoms with E-state index in [1.54, 1.807) is 0 Å². The largest absolute Gasteiger partial charge is 0.387 e. The molecule has 0 aliphatic carbocycles. The predicted molar refractivity (Wildman–Crippen MR) is 91.9 cm³/mol. The molecule has 24 heavy (non-hydrogen) atoms. The van der Waals surface area contributed by atoms with Crippen molar-refractivity contribution in [1.29, 1.82) is 0 Å². The fourth-order valence-electron chi connectivity index (χ4n) is 2.77. The lowest BCUT2D eigenvalue weighted by Crippen LogP contribution is -2.17. The normalized spacial score (nSPS) is 12.5. The average molecular weight is 321 g/mol. The molecular formula is C17H15N5O2. The molecule has 0 radical (unpaired) electrons. The summed E-state index contributed by atoms with van der Waals surface area (Å²) in [5.41, 5.74) is 0.947. The third-order valence-electron chi connectivity index (χ3n) is 3.96. The van der Waals surface area contributed by atoms with Crippen LogP contribution in [0.1, 0.15) is 11.7 Å². The molecule has 4 N–H and O–H groups in total. The molecule has 2 heterocycles. The molecule has 0 bridgehead atoms. The third kappa shape index (κ3) is 2.50. The number of rotatable bonds is 4. The Labute approximate surface area is 136 Å². The molecule has 0 fully saturated rings. The van der Waals surface area contributed by atoms with E-state index in [0.29, 0.717) is 11.0 Å². The van der Waals surface area contributed by atoms with Crippen LogP contribution in [0, 0.1) is 0 Å². The van der Waals surface area contributed by atoms with Gasteiger partial charge in [-0.3, -0.25) is 14.9 Å². The van der Waals surface area contributed by atoms with Gasteiger partial charge in [0.1, 0.15) is 5.39 Å². The fraction of sp³-hybridized carbons (Fsp3) is 0.118. The van der Waals surface area contributed by atoms with Crippen molar-refractivity contribution in [3.63, 3.8) is 0 Å². The zero-order chi connectivity index (χ0) is 16.5. The molecule has 0 aliphatic heterocycles. The summed E-state index contributed by atoms with van der Waals surface area (Å²) in [5, 5.41) is 22.4. The highest BCUT2D eigenvalue weighted by Crippen LogP contribution is 2.24. The van der Waals surface area contributed by atoms with E-state index in [9.17, 15) is 9.90 Å². The van der Waals surface area contributed by atoms with Gasteiger partial charge >= 0.3 is 0 Å². The highest BCUT2D eigenvalue weighted by atomic mass is 16.3. The number of nitrogens with one attached hydrogen (secondary N) is 3. The van der Waals surface area contributed by atoms with Crippen LogP contribution in [0.2, 0.25) is 0 Å². The zero-order valence-electron chi connectivity index (χ0n) is 12.7. The molecule has 1 atom stereocenters. The van der Waals surface area contributed by atoms with E-state index in [1.807, 2.05) is 42.5 Å². The van der Waals surface area contributed by atoms with E-state index in [0.717, 1.165) is 16.3 Å². The Balaban J connectivity index is 1.59. The highest BCUT2D eigenvalue weighted by Gasteiger charge is 2.12. The molecular weight excluding hydrogens is 306 g/mol. The van der Waals surface area contributed by atoms with E-state index in [-0.39, 0.29) is 18.1 Å². The van der Waals surface area contributed by atoms with Gasteiger partial charge in [-0.15, -0.1) is 0 Å². The molecule has 4 aromatic rings. The second-order valence-electron chi connectivity index (χ2n) is 5.51. The molecule has 120 valence electrons. The first-order valence-corrected chi connectivity index (χ1v) is 7.55. The zero-order valence-corrected chi connectivity index (χ0v) is 12.7. The SMILES string of the molecule is O=c1[nH]c(NCC(O)c2cccc3ccccc23)nc2[nH]ncc12. The number of nitrogens with zero attached hydrogens (tertiary/aromatic N) is 2. The predicted octanol–water partition coefficient (Wildman–Crippen LogP) is 1.94. The average Bonchev–Trinajstić information content (AvgIpc) is 3.08. The maximum atomic E-state index is 11.9. The van der Waals surface area contributed by atoms with Gasteiger partial charge in [-0.25, -0.2) is 0 Å². The first-order chi connectivity index (χ1) is 11.7. The fourth-order valence-corrected chi connectivity index (χ4v) is 2.77. The Morgan fingerprint density at radius 1 is 1.12 bits per heavy atom. The van der Waals surface area contributed by atoms with Gasteiger partial charge in [0.05, 0.1) is 12.3 Å². The van der Waals surface area contributed by atoms with Crippen molar-refractivity contribution in [2.24, 2.45) is 0 Å². The summed E-state index contributed by atoms with van der Waals surface area (Å²) in [4.78, 5) is 18.8. The molecule has 2 aromatic heterocycles. The van der Waals surface area contributed by atoms with Crippen LogP contribution in [0.4, 0.5) is 5.95 Å². The van der Waals surface area contributed by atoms with Crippen LogP contribution in [0.3, 0.4) is 0 Å². The lowest BCUT2D eigenvalue weighted by molar-refractivity contribution is 0.193. The minimum atomic E-state index is -0.737. The molecule has 7 nitrogen and oxygen atoms in total. The van der Waals surface area contributed by atoms with Crippen LogP contribution in [0.25, 0.3) is 21.8 Å². The van der Waals surface area contributed by atoms with Crippen molar-refractivity contribution >= 4 is 27.8 Å². The number of fused-ring (bicyclic) bond motifs is 2. The Bertz CT molecular complexity index is 1060. The Morgan fingerprint density at radius 3 is 2.88 bits per heavy atom. The van der Waals surface area contributed by atoms with Gasteiger partial charge in [0, 0.05) is 6.54 Å². The Hall–Kier alpha value is -3.19. The second kappa shape index (κ2) is 5.78. The van der Waals surface area contributed by atoms with Gasteiger partial charge in [-0.05, 0) is 16.3 Å². The smallest absolute Gasteiger partial charge is 0.263 e. The molecule has 0 saturated carbocycles. The number of hydrogen-bond donors (Lipinski definition) is 4. The van der Waals surface area contributed by atoms with Crippen molar-refractivity contribution in [1.82, 2.24) is 20.2 Å². The summed E-state index contributed by atoms with van der Waals surface area (Å²) >= 11 is 0. The molecule has 0 saturated heterocycles. The minimum Gasteiger partial charge on any atom is -0.387 e. The van der Waals surface area contributed by atoms with Crippen LogP contribution >= 0.6 is 0 Å². The van der Waals surface area contributed by atoms with Crippen molar-refractivity contribution < 1.29 is 5.11 Å². The lowest BCUT2D eigenvalue weighted by Gasteiger charge is -2.14. The first kappa shape index (κ1) is 14.4. The topological polar surface area (TPSA) is 107 Å². The maximum absolute atomic E-state index is 11.9. The van der Waals surface area contributed by atoms with Gasteiger partial charge in [0.25, 0.3) is 5.56 Å². The highest BCUT2D eigenvalue weighted by molar-refractivity contribution is 5.86. The summed E-state index contributed by atoms with van der Waals surface area (Å²) in [5.74, 6) is 0.288. The second-order valence-corrected chi connectivity index (χ2v) is 5.51. The quantitative estimate of drug-likeness (QED) is 0.459. The number of anilines is 1. The third-order valence-corrected chi connectivity index (χ3v) is 3.96. The summed E-state index contributed by atoms with van der Waals surface area (Å²) in [7, 11) is 0. The van der Waals surface area contributed by atoms with E-state index < -0.39 is 6.10 Å². The summed E-state index contributed by atoms with van der Waals surface area (Å²) in [6.45, 7) is 0.219. The molecule has 0 spiro atoms. The molecule has 0 amide bonds. The van der Waals surface area contributed by atoms with Crippen LogP contribution in [-0.4, -0.2) is 31.8 Å². The summed E-state index contributed by atoms with van der Waals surface area (Å²) in [6, 6.07) is 13.7. The summed E-state index contributed by atoms with van der Waals surface area (Å²) in [6.07, 6.45) is 0.689. The minimum absolute atomic E-state index is 0.219. The monoisotopic (exact) mass is 321 g/mol. The lowest BCUT2D eigenvalue weighted by atomic mass is 10.0. The van der Waals surface area contributed by atoms with Gasteiger partial charge in [-0.1, -0.05) is 42.5 Å². The van der Waals surface area contributed by atoms with Crippen molar-refractivity contribution in [3.8, 4) is 0 Å². The van der Waals surface area contributed by atoms with E-state index in [2.05, 4.69) is 25.5 Å². The Morgan fingerprint density at radius 2 is 1.96 bits per heavy atom. The number of aliphatic hydroxyl groups excluding tert-OH is 1. The van der Waals surface area contributed by atoms with Gasteiger partial charge < -0.3 is 10.4 Å².